The maximum atomic E-state index is 12.5. The maximum absolute atomic E-state index is 12.5. The standard InChI is InChI=1S/C18H26N6O/c1-14-11-17(23(3)21-14)24-10-6-8-16(13-24)20-18(25)22(2)12-15-7-4-5-9-19-15/h4-5,7,9,11,16H,6,8,10,12-13H2,1-3H3,(H,20,25). The summed E-state index contributed by atoms with van der Waals surface area (Å²) in [4.78, 5) is 20.7. The molecule has 2 amide bonds. The molecule has 0 aromatic carbocycles. The van der Waals surface area contributed by atoms with Gasteiger partial charge in [-0.15, -0.1) is 0 Å². The van der Waals surface area contributed by atoms with E-state index >= 15 is 0 Å². The van der Waals surface area contributed by atoms with E-state index in [0.29, 0.717) is 6.54 Å². The van der Waals surface area contributed by atoms with Crippen molar-refractivity contribution in [2.45, 2.75) is 32.4 Å². The zero-order chi connectivity index (χ0) is 17.8. The summed E-state index contributed by atoms with van der Waals surface area (Å²) in [7, 11) is 3.76. The van der Waals surface area contributed by atoms with Gasteiger partial charge in [0.25, 0.3) is 0 Å². The number of rotatable bonds is 4. The SMILES string of the molecule is Cc1cc(N2CCCC(NC(=O)N(C)Cc3ccccn3)C2)n(C)n1. The van der Waals surface area contributed by atoms with Crippen molar-refractivity contribution in [3.63, 3.8) is 0 Å². The van der Waals surface area contributed by atoms with Gasteiger partial charge in [0.15, 0.2) is 0 Å². The van der Waals surface area contributed by atoms with Gasteiger partial charge in [-0.3, -0.25) is 9.67 Å². The van der Waals surface area contributed by atoms with Crippen molar-refractivity contribution in [3.8, 4) is 0 Å². The first-order valence-electron chi connectivity index (χ1n) is 8.70. The number of urea groups is 1. The summed E-state index contributed by atoms with van der Waals surface area (Å²) < 4.78 is 1.91. The maximum Gasteiger partial charge on any atom is 0.317 e. The van der Waals surface area contributed by atoms with Crippen LogP contribution < -0.4 is 10.2 Å². The lowest BCUT2D eigenvalue weighted by molar-refractivity contribution is 0.200. The minimum Gasteiger partial charge on any atom is -0.355 e. The molecule has 7 heteroatoms. The second-order valence-electron chi connectivity index (χ2n) is 6.68. The van der Waals surface area contributed by atoms with Crippen LogP contribution in [0.4, 0.5) is 10.6 Å². The van der Waals surface area contributed by atoms with Gasteiger partial charge < -0.3 is 15.1 Å². The molecule has 1 aliphatic heterocycles. The Morgan fingerprint density at radius 2 is 2.28 bits per heavy atom. The molecule has 1 fully saturated rings. The van der Waals surface area contributed by atoms with E-state index in [0.717, 1.165) is 43.1 Å². The number of anilines is 1. The number of nitrogens with one attached hydrogen (secondary N) is 1. The van der Waals surface area contributed by atoms with Crippen molar-refractivity contribution in [2.24, 2.45) is 7.05 Å². The second-order valence-corrected chi connectivity index (χ2v) is 6.68. The summed E-state index contributed by atoms with van der Waals surface area (Å²) in [6, 6.07) is 7.92. The third-order valence-electron chi connectivity index (χ3n) is 4.52. The summed E-state index contributed by atoms with van der Waals surface area (Å²) >= 11 is 0. The smallest absolute Gasteiger partial charge is 0.317 e. The van der Waals surface area contributed by atoms with Gasteiger partial charge >= 0.3 is 6.03 Å². The van der Waals surface area contributed by atoms with Crippen LogP contribution in [-0.4, -0.2) is 51.9 Å². The van der Waals surface area contributed by atoms with E-state index in [4.69, 9.17) is 0 Å². The lowest BCUT2D eigenvalue weighted by Crippen LogP contribution is -2.51. The lowest BCUT2D eigenvalue weighted by atomic mass is 10.1. The Morgan fingerprint density at radius 3 is 2.96 bits per heavy atom. The van der Waals surface area contributed by atoms with Gasteiger partial charge in [0, 0.05) is 45.5 Å². The van der Waals surface area contributed by atoms with Crippen LogP contribution in [0.5, 0.6) is 0 Å². The number of nitrogens with zero attached hydrogens (tertiary/aromatic N) is 5. The number of aromatic nitrogens is 3. The quantitative estimate of drug-likeness (QED) is 0.922. The molecule has 0 bridgehead atoms. The Balaban J connectivity index is 1.56. The molecule has 1 saturated heterocycles. The van der Waals surface area contributed by atoms with Gasteiger partial charge in [0.05, 0.1) is 17.9 Å². The Hall–Kier alpha value is -2.57. The lowest BCUT2D eigenvalue weighted by Gasteiger charge is -2.35. The molecule has 0 aliphatic carbocycles. The zero-order valence-electron chi connectivity index (χ0n) is 15.1. The van der Waals surface area contributed by atoms with Crippen LogP contribution in [0.25, 0.3) is 0 Å². The Labute approximate surface area is 148 Å². The van der Waals surface area contributed by atoms with Crippen LogP contribution in [0.2, 0.25) is 0 Å². The highest BCUT2D eigenvalue weighted by Gasteiger charge is 2.24. The van der Waals surface area contributed by atoms with E-state index in [-0.39, 0.29) is 12.1 Å². The summed E-state index contributed by atoms with van der Waals surface area (Å²) in [5.41, 5.74) is 1.90. The summed E-state index contributed by atoms with van der Waals surface area (Å²) in [6.07, 6.45) is 3.80. The minimum atomic E-state index is -0.0568. The first kappa shape index (κ1) is 17.3. The molecule has 7 nitrogen and oxygen atoms in total. The molecule has 0 saturated carbocycles. The van der Waals surface area contributed by atoms with Gasteiger partial charge in [-0.2, -0.15) is 5.10 Å². The molecule has 0 spiro atoms. The van der Waals surface area contributed by atoms with E-state index in [1.807, 2.05) is 36.9 Å². The zero-order valence-corrected chi connectivity index (χ0v) is 15.1. The molecule has 2 aromatic rings. The van der Waals surface area contributed by atoms with Crippen molar-refractivity contribution in [2.75, 3.05) is 25.0 Å². The highest BCUT2D eigenvalue weighted by atomic mass is 16.2. The molecule has 1 N–H and O–H groups in total. The summed E-state index contributed by atoms with van der Waals surface area (Å²) in [5, 5.41) is 7.57. The predicted octanol–water partition coefficient (Wildman–Crippen LogP) is 1.93. The van der Waals surface area contributed by atoms with E-state index in [9.17, 15) is 4.79 Å². The van der Waals surface area contributed by atoms with Crippen molar-refractivity contribution in [3.05, 3.63) is 41.9 Å². The first-order chi connectivity index (χ1) is 12.0. The number of hydrogen-bond donors (Lipinski definition) is 1. The highest BCUT2D eigenvalue weighted by Crippen LogP contribution is 2.20. The summed E-state index contributed by atoms with van der Waals surface area (Å²) in [6.45, 7) is 4.31. The number of hydrogen-bond acceptors (Lipinski definition) is 4. The third kappa shape index (κ3) is 4.29. The molecule has 3 heterocycles. The largest absolute Gasteiger partial charge is 0.355 e. The molecule has 1 unspecified atom stereocenters. The molecule has 0 radical (unpaired) electrons. The number of carbonyl (C=O) groups excluding carboxylic acids is 1. The number of pyridine rings is 1. The molecular weight excluding hydrogens is 316 g/mol. The molecule has 2 aromatic heterocycles. The van der Waals surface area contributed by atoms with Crippen LogP contribution in [0.3, 0.4) is 0 Å². The Bertz CT molecular complexity index is 714. The normalized spacial score (nSPS) is 17.4. The number of aryl methyl sites for hydroxylation is 2. The van der Waals surface area contributed by atoms with Gasteiger partial charge in [-0.05, 0) is 31.9 Å². The molecular formula is C18H26N6O. The average molecular weight is 342 g/mol. The van der Waals surface area contributed by atoms with Crippen molar-refractivity contribution >= 4 is 11.8 Å². The van der Waals surface area contributed by atoms with E-state index in [1.165, 1.54) is 0 Å². The van der Waals surface area contributed by atoms with E-state index in [1.54, 1.807) is 18.1 Å². The number of amides is 2. The molecule has 25 heavy (non-hydrogen) atoms. The van der Waals surface area contributed by atoms with Crippen LogP contribution in [0.1, 0.15) is 24.2 Å². The van der Waals surface area contributed by atoms with Gasteiger partial charge in [0.2, 0.25) is 0 Å². The molecule has 1 atom stereocenters. The van der Waals surface area contributed by atoms with Crippen molar-refractivity contribution < 1.29 is 4.79 Å². The van der Waals surface area contributed by atoms with E-state index in [2.05, 4.69) is 26.4 Å². The molecule has 1 aliphatic rings. The predicted molar refractivity (Wildman–Crippen MR) is 97.4 cm³/mol. The minimum absolute atomic E-state index is 0.0568. The van der Waals surface area contributed by atoms with Crippen LogP contribution in [0.15, 0.2) is 30.5 Å². The van der Waals surface area contributed by atoms with Gasteiger partial charge in [-0.25, -0.2) is 4.79 Å². The fraction of sp³-hybridized carbons (Fsp3) is 0.500. The highest BCUT2D eigenvalue weighted by molar-refractivity contribution is 5.74. The van der Waals surface area contributed by atoms with E-state index < -0.39 is 0 Å². The van der Waals surface area contributed by atoms with Crippen LogP contribution >= 0.6 is 0 Å². The summed E-state index contributed by atoms with van der Waals surface area (Å²) in [5.74, 6) is 1.11. The molecule has 3 rings (SSSR count). The monoisotopic (exact) mass is 342 g/mol. The van der Waals surface area contributed by atoms with Gasteiger partial charge in [0.1, 0.15) is 5.82 Å². The van der Waals surface area contributed by atoms with Crippen LogP contribution in [0, 0.1) is 6.92 Å². The fourth-order valence-electron chi connectivity index (χ4n) is 3.29. The topological polar surface area (TPSA) is 66.3 Å². The van der Waals surface area contributed by atoms with Crippen molar-refractivity contribution in [1.82, 2.24) is 25.0 Å². The van der Waals surface area contributed by atoms with Crippen molar-refractivity contribution in [1.29, 1.82) is 0 Å². The van der Waals surface area contributed by atoms with Crippen LogP contribution in [-0.2, 0) is 13.6 Å². The fourth-order valence-corrected chi connectivity index (χ4v) is 3.29. The van der Waals surface area contributed by atoms with Gasteiger partial charge in [-0.1, -0.05) is 6.07 Å². The Morgan fingerprint density at radius 1 is 1.44 bits per heavy atom. The number of piperidine rings is 1. The Kier molecular flexibility index (Phi) is 5.21. The number of carbonyl (C=O) groups is 1. The second kappa shape index (κ2) is 7.55. The first-order valence-corrected chi connectivity index (χ1v) is 8.70. The average Bonchev–Trinajstić information content (AvgIpc) is 2.94. The third-order valence-corrected chi connectivity index (χ3v) is 4.52. The molecule has 134 valence electrons.